The molecular formula is C19H30N2O. The molecule has 0 aromatic heterocycles. The first-order valence-corrected chi connectivity index (χ1v) is 8.47. The summed E-state index contributed by atoms with van der Waals surface area (Å²) >= 11 is 0. The first-order chi connectivity index (χ1) is 10.4. The van der Waals surface area contributed by atoms with Crippen molar-refractivity contribution >= 4 is 5.91 Å². The molecule has 1 amide bonds. The van der Waals surface area contributed by atoms with Crippen LogP contribution in [0.25, 0.3) is 0 Å². The van der Waals surface area contributed by atoms with E-state index in [0.717, 1.165) is 32.5 Å². The molecule has 1 aromatic rings. The largest absolute Gasteiger partial charge is 0.340 e. The standard InChI is InChI=1S/C19H30N2O/c1-5-15-11-17(20-12-16-9-7-6-8-10-16)14-21(13-15)18(22)19(2,3)4/h6-10,15,17,20H,5,11-14H2,1-4H3. The van der Waals surface area contributed by atoms with E-state index in [2.05, 4.69) is 41.4 Å². The number of nitrogens with zero attached hydrogens (tertiary/aromatic N) is 1. The molecule has 1 saturated heterocycles. The van der Waals surface area contributed by atoms with Gasteiger partial charge in [0.25, 0.3) is 0 Å². The summed E-state index contributed by atoms with van der Waals surface area (Å²) in [5, 5.41) is 3.64. The molecule has 2 rings (SSSR count). The average molecular weight is 302 g/mol. The molecule has 1 N–H and O–H groups in total. The fraction of sp³-hybridized carbons (Fsp3) is 0.632. The Kier molecular flexibility index (Phi) is 5.63. The number of piperidine rings is 1. The van der Waals surface area contributed by atoms with Crippen LogP contribution >= 0.6 is 0 Å². The van der Waals surface area contributed by atoms with E-state index < -0.39 is 0 Å². The summed E-state index contributed by atoms with van der Waals surface area (Å²) in [6.07, 6.45) is 2.30. The molecular weight excluding hydrogens is 272 g/mol. The van der Waals surface area contributed by atoms with E-state index >= 15 is 0 Å². The molecule has 0 radical (unpaired) electrons. The highest BCUT2D eigenvalue weighted by Crippen LogP contribution is 2.25. The van der Waals surface area contributed by atoms with Crippen molar-refractivity contribution in [1.82, 2.24) is 10.2 Å². The van der Waals surface area contributed by atoms with E-state index in [1.807, 2.05) is 26.8 Å². The number of carbonyl (C=O) groups excluding carboxylic acids is 1. The molecule has 1 aliphatic heterocycles. The minimum atomic E-state index is -0.292. The molecule has 1 aliphatic rings. The number of carbonyl (C=O) groups is 1. The number of benzene rings is 1. The maximum atomic E-state index is 12.6. The summed E-state index contributed by atoms with van der Waals surface area (Å²) in [6.45, 7) is 10.9. The second kappa shape index (κ2) is 7.28. The van der Waals surface area contributed by atoms with Crippen molar-refractivity contribution < 1.29 is 4.79 Å². The predicted octanol–water partition coefficient (Wildman–Crippen LogP) is 3.45. The van der Waals surface area contributed by atoms with Crippen molar-refractivity contribution in [3.8, 4) is 0 Å². The molecule has 0 bridgehead atoms. The van der Waals surface area contributed by atoms with Gasteiger partial charge < -0.3 is 10.2 Å². The number of rotatable bonds is 4. The maximum absolute atomic E-state index is 12.6. The van der Waals surface area contributed by atoms with Crippen molar-refractivity contribution in [3.05, 3.63) is 35.9 Å². The summed E-state index contributed by atoms with van der Waals surface area (Å²) < 4.78 is 0. The van der Waals surface area contributed by atoms with Crippen LogP contribution in [0.3, 0.4) is 0 Å². The molecule has 1 fully saturated rings. The van der Waals surface area contributed by atoms with Crippen LogP contribution in [-0.2, 0) is 11.3 Å². The summed E-state index contributed by atoms with van der Waals surface area (Å²) in [4.78, 5) is 14.7. The highest BCUT2D eigenvalue weighted by Gasteiger charge is 2.33. The van der Waals surface area contributed by atoms with Crippen LogP contribution in [0.4, 0.5) is 0 Å². The third kappa shape index (κ3) is 4.57. The first kappa shape index (κ1) is 17.0. The van der Waals surface area contributed by atoms with Crippen molar-refractivity contribution in [2.24, 2.45) is 11.3 Å². The predicted molar refractivity (Wildman–Crippen MR) is 91.5 cm³/mol. The van der Waals surface area contributed by atoms with Crippen LogP contribution < -0.4 is 5.32 Å². The zero-order chi connectivity index (χ0) is 16.2. The lowest BCUT2D eigenvalue weighted by atomic mass is 9.88. The molecule has 3 heteroatoms. The van der Waals surface area contributed by atoms with Crippen LogP contribution in [0.2, 0.25) is 0 Å². The lowest BCUT2D eigenvalue weighted by Gasteiger charge is -2.40. The lowest BCUT2D eigenvalue weighted by Crippen LogP contribution is -2.53. The van der Waals surface area contributed by atoms with Gasteiger partial charge in [0.15, 0.2) is 0 Å². The molecule has 0 saturated carbocycles. The van der Waals surface area contributed by atoms with Crippen molar-refractivity contribution in [1.29, 1.82) is 0 Å². The van der Waals surface area contributed by atoms with Gasteiger partial charge in [0, 0.05) is 31.1 Å². The Labute approximate surface area is 135 Å². The summed E-state index contributed by atoms with van der Waals surface area (Å²) in [6, 6.07) is 10.9. The Morgan fingerprint density at radius 1 is 1.23 bits per heavy atom. The van der Waals surface area contributed by atoms with Gasteiger partial charge in [0.2, 0.25) is 5.91 Å². The zero-order valence-corrected chi connectivity index (χ0v) is 14.4. The zero-order valence-electron chi connectivity index (χ0n) is 14.4. The van der Waals surface area contributed by atoms with Gasteiger partial charge in [-0.3, -0.25) is 4.79 Å². The van der Waals surface area contributed by atoms with E-state index in [9.17, 15) is 4.79 Å². The van der Waals surface area contributed by atoms with E-state index in [-0.39, 0.29) is 11.3 Å². The summed E-state index contributed by atoms with van der Waals surface area (Å²) in [5.74, 6) is 0.880. The van der Waals surface area contributed by atoms with E-state index in [4.69, 9.17) is 0 Å². The third-order valence-electron chi connectivity index (χ3n) is 4.48. The van der Waals surface area contributed by atoms with E-state index in [1.54, 1.807) is 0 Å². The van der Waals surface area contributed by atoms with Crippen LogP contribution in [0.1, 0.15) is 46.1 Å². The van der Waals surface area contributed by atoms with E-state index in [0.29, 0.717) is 12.0 Å². The molecule has 22 heavy (non-hydrogen) atoms. The second-order valence-corrected chi connectivity index (χ2v) is 7.53. The lowest BCUT2D eigenvalue weighted by molar-refractivity contribution is -0.142. The Balaban J connectivity index is 1.97. The minimum Gasteiger partial charge on any atom is -0.340 e. The number of nitrogens with one attached hydrogen (secondary N) is 1. The van der Waals surface area contributed by atoms with Gasteiger partial charge in [-0.1, -0.05) is 64.4 Å². The fourth-order valence-corrected chi connectivity index (χ4v) is 3.15. The van der Waals surface area contributed by atoms with Gasteiger partial charge in [0.1, 0.15) is 0 Å². The average Bonchev–Trinajstić information content (AvgIpc) is 2.52. The van der Waals surface area contributed by atoms with Crippen LogP contribution in [-0.4, -0.2) is 29.9 Å². The normalized spacial score (nSPS) is 22.6. The molecule has 0 spiro atoms. The highest BCUT2D eigenvalue weighted by atomic mass is 16.2. The van der Waals surface area contributed by atoms with Gasteiger partial charge in [-0.2, -0.15) is 0 Å². The van der Waals surface area contributed by atoms with Gasteiger partial charge in [-0.25, -0.2) is 0 Å². The van der Waals surface area contributed by atoms with Crippen LogP contribution in [0.5, 0.6) is 0 Å². The molecule has 1 aromatic carbocycles. The first-order valence-electron chi connectivity index (χ1n) is 8.47. The monoisotopic (exact) mass is 302 g/mol. The molecule has 3 nitrogen and oxygen atoms in total. The second-order valence-electron chi connectivity index (χ2n) is 7.53. The van der Waals surface area contributed by atoms with Gasteiger partial charge >= 0.3 is 0 Å². The SMILES string of the molecule is CCC1CC(NCc2ccccc2)CN(C(=O)C(C)(C)C)C1. The van der Waals surface area contributed by atoms with Crippen LogP contribution in [0.15, 0.2) is 30.3 Å². The van der Waals surface area contributed by atoms with Crippen molar-refractivity contribution in [2.75, 3.05) is 13.1 Å². The fourth-order valence-electron chi connectivity index (χ4n) is 3.15. The summed E-state index contributed by atoms with van der Waals surface area (Å²) in [7, 11) is 0. The number of hydrogen-bond acceptors (Lipinski definition) is 2. The van der Waals surface area contributed by atoms with Crippen molar-refractivity contribution in [2.45, 2.75) is 53.1 Å². The molecule has 0 aliphatic carbocycles. The topological polar surface area (TPSA) is 32.3 Å². The molecule has 2 atom stereocenters. The number of amides is 1. The van der Waals surface area contributed by atoms with Gasteiger partial charge in [-0.15, -0.1) is 0 Å². The molecule has 1 heterocycles. The maximum Gasteiger partial charge on any atom is 0.228 e. The van der Waals surface area contributed by atoms with Crippen LogP contribution in [0, 0.1) is 11.3 Å². The molecule has 2 unspecified atom stereocenters. The Hall–Kier alpha value is -1.35. The Morgan fingerprint density at radius 3 is 2.50 bits per heavy atom. The van der Waals surface area contributed by atoms with Crippen molar-refractivity contribution in [3.63, 3.8) is 0 Å². The summed E-state index contributed by atoms with van der Waals surface area (Å²) in [5.41, 5.74) is 1.01. The Bertz CT molecular complexity index is 478. The van der Waals surface area contributed by atoms with Gasteiger partial charge in [-0.05, 0) is 17.9 Å². The third-order valence-corrected chi connectivity index (χ3v) is 4.48. The quantitative estimate of drug-likeness (QED) is 0.924. The number of hydrogen-bond donors (Lipinski definition) is 1. The smallest absolute Gasteiger partial charge is 0.228 e. The van der Waals surface area contributed by atoms with E-state index in [1.165, 1.54) is 5.56 Å². The Morgan fingerprint density at radius 2 is 1.91 bits per heavy atom. The number of likely N-dealkylation sites (tertiary alicyclic amines) is 1. The highest BCUT2D eigenvalue weighted by molar-refractivity contribution is 5.81. The molecule has 122 valence electrons. The minimum absolute atomic E-state index is 0.275. The van der Waals surface area contributed by atoms with Gasteiger partial charge in [0.05, 0.1) is 0 Å².